The second-order valence-corrected chi connectivity index (χ2v) is 4.22. The molecule has 2 aromatic rings. The molecule has 0 spiro atoms. The predicted molar refractivity (Wildman–Crippen MR) is 63.9 cm³/mol. The summed E-state index contributed by atoms with van der Waals surface area (Å²) >= 11 is 1.51. The quantitative estimate of drug-likeness (QED) is 0.647. The van der Waals surface area contributed by atoms with Gasteiger partial charge in [-0.1, -0.05) is 0 Å². The SMILES string of the molecule is COc1ccc2ncnc(SCCO)c2c1. The van der Waals surface area contributed by atoms with Gasteiger partial charge in [0.25, 0.3) is 0 Å². The van der Waals surface area contributed by atoms with Gasteiger partial charge in [-0.15, -0.1) is 11.8 Å². The highest BCUT2D eigenvalue weighted by Crippen LogP contribution is 2.27. The second kappa shape index (κ2) is 5.14. The molecule has 0 saturated heterocycles. The Hall–Kier alpha value is -1.33. The Balaban J connectivity index is 2.46. The molecule has 1 N–H and O–H groups in total. The van der Waals surface area contributed by atoms with Crippen molar-refractivity contribution in [2.24, 2.45) is 0 Å². The number of aliphatic hydroxyl groups excluding tert-OH is 1. The van der Waals surface area contributed by atoms with Crippen LogP contribution in [0.5, 0.6) is 5.75 Å². The summed E-state index contributed by atoms with van der Waals surface area (Å²) in [6, 6.07) is 5.68. The molecule has 0 bridgehead atoms. The van der Waals surface area contributed by atoms with Crippen LogP contribution in [0.1, 0.15) is 0 Å². The van der Waals surface area contributed by atoms with Gasteiger partial charge in [0.2, 0.25) is 0 Å². The normalized spacial score (nSPS) is 10.6. The average Bonchev–Trinajstić information content (AvgIpc) is 2.35. The standard InChI is InChI=1S/C11H12N2O2S/c1-15-8-2-3-10-9(6-8)11(13-7-12-10)16-5-4-14/h2-3,6-7,14H,4-5H2,1H3. The lowest BCUT2D eigenvalue weighted by Gasteiger charge is -2.05. The lowest BCUT2D eigenvalue weighted by Crippen LogP contribution is -1.92. The molecular weight excluding hydrogens is 224 g/mol. The van der Waals surface area contributed by atoms with Crippen molar-refractivity contribution in [3.8, 4) is 5.75 Å². The number of fused-ring (bicyclic) bond motifs is 1. The van der Waals surface area contributed by atoms with Crippen molar-refractivity contribution in [3.05, 3.63) is 24.5 Å². The molecule has 0 atom stereocenters. The van der Waals surface area contributed by atoms with E-state index in [1.807, 2.05) is 18.2 Å². The third kappa shape index (κ3) is 2.25. The van der Waals surface area contributed by atoms with Crippen LogP contribution in [-0.4, -0.2) is 34.5 Å². The van der Waals surface area contributed by atoms with E-state index in [4.69, 9.17) is 9.84 Å². The van der Waals surface area contributed by atoms with Crippen LogP contribution in [0.25, 0.3) is 10.9 Å². The Morgan fingerprint density at radius 3 is 3.00 bits per heavy atom. The van der Waals surface area contributed by atoms with Gasteiger partial charge in [-0.3, -0.25) is 0 Å². The fourth-order valence-electron chi connectivity index (χ4n) is 1.40. The van der Waals surface area contributed by atoms with Crippen molar-refractivity contribution in [3.63, 3.8) is 0 Å². The summed E-state index contributed by atoms with van der Waals surface area (Å²) in [5.74, 6) is 1.41. The molecule has 0 fully saturated rings. The largest absolute Gasteiger partial charge is 0.497 e. The summed E-state index contributed by atoms with van der Waals surface area (Å²) in [7, 11) is 1.63. The van der Waals surface area contributed by atoms with Gasteiger partial charge < -0.3 is 9.84 Å². The van der Waals surface area contributed by atoms with E-state index >= 15 is 0 Å². The second-order valence-electron chi connectivity index (χ2n) is 3.13. The van der Waals surface area contributed by atoms with Gasteiger partial charge in [-0.05, 0) is 18.2 Å². The van der Waals surface area contributed by atoms with Crippen LogP contribution in [0.2, 0.25) is 0 Å². The molecule has 4 nitrogen and oxygen atoms in total. The smallest absolute Gasteiger partial charge is 0.119 e. The van der Waals surface area contributed by atoms with Gasteiger partial charge in [0, 0.05) is 11.1 Å². The Kier molecular flexibility index (Phi) is 3.58. The maximum Gasteiger partial charge on any atom is 0.119 e. The van der Waals surface area contributed by atoms with Crippen molar-refractivity contribution in [2.45, 2.75) is 5.03 Å². The zero-order valence-electron chi connectivity index (χ0n) is 8.88. The minimum atomic E-state index is 0.139. The molecule has 0 radical (unpaired) electrons. The van der Waals surface area contributed by atoms with Gasteiger partial charge in [-0.25, -0.2) is 9.97 Å². The van der Waals surface area contributed by atoms with Gasteiger partial charge in [0.05, 0.1) is 19.2 Å². The number of thioether (sulfide) groups is 1. The fraction of sp³-hybridized carbons (Fsp3) is 0.273. The highest BCUT2D eigenvalue weighted by Gasteiger charge is 2.05. The van der Waals surface area contributed by atoms with Crippen LogP contribution in [0.3, 0.4) is 0 Å². The molecule has 84 valence electrons. The molecule has 0 aliphatic carbocycles. The maximum absolute atomic E-state index is 8.81. The molecule has 0 amide bonds. The zero-order chi connectivity index (χ0) is 11.4. The van der Waals surface area contributed by atoms with E-state index in [2.05, 4.69) is 9.97 Å². The van der Waals surface area contributed by atoms with Crippen molar-refractivity contribution in [2.75, 3.05) is 19.5 Å². The molecule has 1 heterocycles. The van der Waals surface area contributed by atoms with E-state index in [1.165, 1.54) is 18.1 Å². The lowest BCUT2D eigenvalue weighted by atomic mass is 10.2. The molecule has 0 aliphatic rings. The van der Waals surface area contributed by atoms with E-state index < -0.39 is 0 Å². The Bertz CT molecular complexity index is 490. The first-order valence-electron chi connectivity index (χ1n) is 4.87. The Labute approximate surface area is 97.7 Å². The number of aromatic nitrogens is 2. The van der Waals surface area contributed by atoms with Gasteiger partial charge >= 0.3 is 0 Å². The summed E-state index contributed by atoms with van der Waals surface area (Å²) < 4.78 is 5.17. The number of nitrogens with zero attached hydrogens (tertiary/aromatic N) is 2. The Morgan fingerprint density at radius 1 is 1.38 bits per heavy atom. The monoisotopic (exact) mass is 236 g/mol. The molecule has 0 saturated carbocycles. The number of ether oxygens (including phenoxy) is 1. The summed E-state index contributed by atoms with van der Waals surface area (Å²) in [6.07, 6.45) is 1.54. The first-order valence-corrected chi connectivity index (χ1v) is 5.86. The van der Waals surface area contributed by atoms with Crippen LogP contribution >= 0.6 is 11.8 Å². The van der Waals surface area contributed by atoms with Gasteiger partial charge in [0.1, 0.15) is 17.1 Å². The summed E-state index contributed by atoms with van der Waals surface area (Å²) in [5, 5.41) is 10.6. The van der Waals surface area contributed by atoms with Crippen LogP contribution in [0.4, 0.5) is 0 Å². The molecule has 5 heteroatoms. The molecule has 0 unspecified atom stereocenters. The first-order chi connectivity index (χ1) is 7.85. The molecule has 0 aliphatic heterocycles. The van der Waals surface area contributed by atoms with Crippen molar-refractivity contribution >= 4 is 22.7 Å². The molecular formula is C11H12N2O2S. The zero-order valence-corrected chi connectivity index (χ0v) is 9.70. The number of hydrogen-bond acceptors (Lipinski definition) is 5. The van der Waals surface area contributed by atoms with Crippen molar-refractivity contribution in [1.29, 1.82) is 0 Å². The van der Waals surface area contributed by atoms with Crippen molar-refractivity contribution < 1.29 is 9.84 Å². The van der Waals surface area contributed by atoms with Crippen LogP contribution in [-0.2, 0) is 0 Å². The number of hydrogen-bond donors (Lipinski definition) is 1. The van der Waals surface area contributed by atoms with E-state index in [9.17, 15) is 0 Å². The maximum atomic E-state index is 8.81. The number of benzene rings is 1. The fourth-order valence-corrected chi connectivity index (χ4v) is 2.12. The molecule has 1 aromatic carbocycles. The number of methoxy groups -OCH3 is 1. The highest BCUT2D eigenvalue weighted by atomic mass is 32.2. The Morgan fingerprint density at radius 2 is 2.25 bits per heavy atom. The summed E-state index contributed by atoms with van der Waals surface area (Å²) in [4.78, 5) is 8.39. The molecule has 1 aromatic heterocycles. The van der Waals surface area contributed by atoms with E-state index in [0.29, 0.717) is 5.75 Å². The van der Waals surface area contributed by atoms with E-state index in [1.54, 1.807) is 7.11 Å². The molecule has 16 heavy (non-hydrogen) atoms. The number of rotatable bonds is 4. The van der Waals surface area contributed by atoms with E-state index in [0.717, 1.165) is 21.7 Å². The summed E-state index contributed by atoms with van der Waals surface area (Å²) in [5.41, 5.74) is 0.885. The van der Waals surface area contributed by atoms with Crippen LogP contribution in [0, 0.1) is 0 Å². The van der Waals surface area contributed by atoms with Crippen LogP contribution in [0.15, 0.2) is 29.6 Å². The third-order valence-electron chi connectivity index (χ3n) is 2.14. The third-order valence-corrected chi connectivity index (χ3v) is 3.12. The van der Waals surface area contributed by atoms with Crippen molar-refractivity contribution in [1.82, 2.24) is 9.97 Å². The highest BCUT2D eigenvalue weighted by molar-refractivity contribution is 7.99. The average molecular weight is 236 g/mol. The summed E-state index contributed by atoms with van der Waals surface area (Å²) in [6.45, 7) is 0.139. The first kappa shape index (κ1) is 11.2. The van der Waals surface area contributed by atoms with Gasteiger partial charge in [0.15, 0.2) is 0 Å². The lowest BCUT2D eigenvalue weighted by molar-refractivity contribution is 0.322. The topological polar surface area (TPSA) is 55.2 Å². The minimum Gasteiger partial charge on any atom is -0.497 e. The van der Waals surface area contributed by atoms with E-state index in [-0.39, 0.29) is 6.61 Å². The van der Waals surface area contributed by atoms with Crippen LogP contribution < -0.4 is 4.74 Å². The molecule has 2 rings (SSSR count). The van der Waals surface area contributed by atoms with Gasteiger partial charge in [-0.2, -0.15) is 0 Å². The predicted octanol–water partition coefficient (Wildman–Crippen LogP) is 1.72. The minimum absolute atomic E-state index is 0.139. The number of aliphatic hydroxyl groups is 1.